The molecule has 1 aliphatic heterocycles. The molecule has 2 aromatic rings. The van der Waals surface area contributed by atoms with Gasteiger partial charge in [-0.05, 0) is 56.9 Å². The van der Waals surface area contributed by atoms with Crippen molar-refractivity contribution in [1.82, 2.24) is 19.6 Å². The average Bonchev–Trinajstić information content (AvgIpc) is 3.25. The zero-order chi connectivity index (χ0) is 22.0. The van der Waals surface area contributed by atoms with E-state index in [1.54, 1.807) is 6.92 Å². The first-order valence-corrected chi connectivity index (χ1v) is 12.2. The van der Waals surface area contributed by atoms with Crippen molar-refractivity contribution in [2.75, 3.05) is 6.54 Å². The fourth-order valence-corrected chi connectivity index (χ4v) is 6.13. The maximum absolute atomic E-state index is 13.3. The molecule has 0 bridgehead atoms. The molecule has 1 aromatic carbocycles. The number of carbonyl (C=O) groups is 1. The summed E-state index contributed by atoms with van der Waals surface area (Å²) in [6.45, 7) is 2.04. The number of aryl methyl sites for hydroxylation is 1. The molecule has 0 unspecified atom stereocenters. The molecule has 1 aromatic heterocycles. The molecule has 2 aliphatic rings. The summed E-state index contributed by atoms with van der Waals surface area (Å²) < 4.78 is 41.2. The lowest BCUT2D eigenvalue weighted by Gasteiger charge is -2.26. The van der Waals surface area contributed by atoms with Gasteiger partial charge in [-0.15, -0.1) is 0 Å². The highest BCUT2D eigenvalue weighted by molar-refractivity contribution is 7.89. The SMILES string of the molecule is Cc1ncc(C(=O)NC2CCCCC2)c([C@H]2CCCN2S(=O)(=O)c2ccc(F)cc2)n1. The molecule has 1 aliphatic carbocycles. The van der Waals surface area contributed by atoms with Gasteiger partial charge in [-0.1, -0.05) is 19.3 Å². The summed E-state index contributed by atoms with van der Waals surface area (Å²) in [6.07, 6.45) is 7.96. The Morgan fingerprint density at radius 1 is 1.10 bits per heavy atom. The van der Waals surface area contributed by atoms with Gasteiger partial charge in [0.25, 0.3) is 5.91 Å². The smallest absolute Gasteiger partial charge is 0.254 e. The van der Waals surface area contributed by atoms with E-state index in [2.05, 4.69) is 15.3 Å². The van der Waals surface area contributed by atoms with Crippen LogP contribution in [0.25, 0.3) is 0 Å². The van der Waals surface area contributed by atoms with Crippen LogP contribution in [0.15, 0.2) is 35.4 Å². The normalized spacial score (nSPS) is 20.6. The van der Waals surface area contributed by atoms with Crippen LogP contribution in [0.2, 0.25) is 0 Å². The number of amides is 1. The molecule has 7 nitrogen and oxygen atoms in total. The summed E-state index contributed by atoms with van der Waals surface area (Å²) >= 11 is 0. The van der Waals surface area contributed by atoms with Crippen LogP contribution < -0.4 is 5.32 Å². The number of hydrogen-bond donors (Lipinski definition) is 1. The van der Waals surface area contributed by atoms with Crippen molar-refractivity contribution in [3.8, 4) is 0 Å². The Morgan fingerprint density at radius 2 is 1.81 bits per heavy atom. The first-order valence-electron chi connectivity index (χ1n) is 10.8. The average molecular weight is 447 g/mol. The van der Waals surface area contributed by atoms with Gasteiger partial charge in [0.15, 0.2) is 0 Å². The number of hydrogen-bond acceptors (Lipinski definition) is 5. The topological polar surface area (TPSA) is 92.3 Å². The Balaban J connectivity index is 1.65. The molecule has 1 amide bonds. The first-order chi connectivity index (χ1) is 14.9. The molecule has 166 valence electrons. The minimum atomic E-state index is -3.86. The largest absolute Gasteiger partial charge is 0.349 e. The van der Waals surface area contributed by atoms with Crippen LogP contribution in [0.5, 0.6) is 0 Å². The Morgan fingerprint density at radius 3 is 2.52 bits per heavy atom. The molecule has 4 rings (SSSR count). The fraction of sp³-hybridized carbons (Fsp3) is 0.500. The highest BCUT2D eigenvalue weighted by atomic mass is 32.2. The van der Waals surface area contributed by atoms with Gasteiger partial charge in [-0.2, -0.15) is 4.31 Å². The predicted molar refractivity (Wildman–Crippen MR) is 113 cm³/mol. The molecule has 0 spiro atoms. The van der Waals surface area contributed by atoms with E-state index in [4.69, 9.17) is 0 Å². The van der Waals surface area contributed by atoms with Gasteiger partial charge in [-0.25, -0.2) is 22.8 Å². The monoisotopic (exact) mass is 446 g/mol. The number of carbonyl (C=O) groups excluding carboxylic acids is 1. The van der Waals surface area contributed by atoms with Gasteiger partial charge >= 0.3 is 0 Å². The van der Waals surface area contributed by atoms with Crippen molar-refractivity contribution in [1.29, 1.82) is 0 Å². The fourth-order valence-electron chi connectivity index (χ4n) is 4.47. The molecule has 1 saturated heterocycles. The molecule has 1 atom stereocenters. The summed E-state index contributed by atoms with van der Waals surface area (Å²) in [4.78, 5) is 21.8. The van der Waals surface area contributed by atoms with E-state index in [9.17, 15) is 17.6 Å². The molecule has 2 heterocycles. The maximum Gasteiger partial charge on any atom is 0.254 e. The van der Waals surface area contributed by atoms with Crippen LogP contribution in [0.3, 0.4) is 0 Å². The highest BCUT2D eigenvalue weighted by Crippen LogP contribution is 2.37. The van der Waals surface area contributed by atoms with Gasteiger partial charge in [-0.3, -0.25) is 4.79 Å². The predicted octanol–water partition coefficient (Wildman–Crippen LogP) is 3.51. The lowest BCUT2D eigenvalue weighted by Crippen LogP contribution is -2.38. The summed E-state index contributed by atoms with van der Waals surface area (Å²) in [5.41, 5.74) is 0.756. The van der Waals surface area contributed by atoms with Crippen LogP contribution in [0.4, 0.5) is 4.39 Å². The Labute approximate surface area is 182 Å². The third-order valence-electron chi connectivity index (χ3n) is 6.06. The number of aromatic nitrogens is 2. The molecule has 2 fully saturated rings. The van der Waals surface area contributed by atoms with Crippen LogP contribution in [-0.4, -0.2) is 41.2 Å². The van der Waals surface area contributed by atoms with Gasteiger partial charge in [0.1, 0.15) is 11.6 Å². The van der Waals surface area contributed by atoms with Gasteiger partial charge in [0.05, 0.1) is 22.2 Å². The summed E-state index contributed by atoms with van der Waals surface area (Å²) in [5, 5.41) is 3.08. The van der Waals surface area contributed by atoms with Crippen LogP contribution >= 0.6 is 0 Å². The summed E-state index contributed by atoms with van der Waals surface area (Å²) in [5.74, 6) is -0.270. The number of halogens is 1. The zero-order valence-corrected chi connectivity index (χ0v) is 18.4. The van der Waals surface area contributed by atoms with Crippen molar-refractivity contribution >= 4 is 15.9 Å². The number of nitrogens with zero attached hydrogens (tertiary/aromatic N) is 3. The molecular formula is C22H27FN4O3S. The number of sulfonamides is 1. The molecule has 9 heteroatoms. The van der Waals surface area contributed by atoms with Crippen molar-refractivity contribution in [3.05, 3.63) is 53.4 Å². The van der Waals surface area contributed by atoms with E-state index in [1.807, 2.05) is 0 Å². The maximum atomic E-state index is 13.3. The second-order valence-corrected chi connectivity index (χ2v) is 10.1. The van der Waals surface area contributed by atoms with Gasteiger partial charge in [0, 0.05) is 18.8 Å². The van der Waals surface area contributed by atoms with Crippen molar-refractivity contribution in [2.24, 2.45) is 0 Å². The number of benzene rings is 1. The molecular weight excluding hydrogens is 419 g/mol. The number of rotatable bonds is 5. The van der Waals surface area contributed by atoms with Crippen LogP contribution in [-0.2, 0) is 10.0 Å². The van der Waals surface area contributed by atoms with E-state index >= 15 is 0 Å². The summed E-state index contributed by atoms with van der Waals surface area (Å²) in [7, 11) is -3.86. The Bertz CT molecular complexity index is 1050. The van der Waals surface area contributed by atoms with Gasteiger partial charge in [0.2, 0.25) is 10.0 Å². The van der Waals surface area contributed by atoms with E-state index < -0.39 is 21.9 Å². The second-order valence-electron chi connectivity index (χ2n) is 8.25. The molecule has 1 saturated carbocycles. The minimum Gasteiger partial charge on any atom is -0.349 e. The standard InChI is InChI=1S/C22H27FN4O3S/c1-15-24-14-19(22(28)26-17-6-3-2-4-7-17)21(25-15)20-8-5-13-27(20)31(29,30)18-11-9-16(23)10-12-18/h9-12,14,17,20H,2-8,13H2,1H3,(H,26,28)/t20-/m1/s1. The molecule has 0 radical (unpaired) electrons. The van der Waals surface area contributed by atoms with E-state index in [-0.39, 0.29) is 16.8 Å². The van der Waals surface area contributed by atoms with Crippen LogP contribution in [0, 0.1) is 12.7 Å². The Hall–Kier alpha value is -2.39. The minimum absolute atomic E-state index is 0.0276. The van der Waals surface area contributed by atoms with E-state index in [1.165, 1.54) is 29.1 Å². The molecule has 31 heavy (non-hydrogen) atoms. The first kappa shape index (κ1) is 21.8. The van der Waals surface area contributed by atoms with Crippen LogP contribution in [0.1, 0.15) is 72.9 Å². The van der Waals surface area contributed by atoms with Crippen molar-refractivity contribution in [3.63, 3.8) is 0 Å². The summed E-state index contributed by atoms with van der Waals surface area (Å²) in [6, 6.07) is 4.36. The van der Waals surface area contributed by atoms with Gasteiger partial charge < -0.3 is 5.32 Å². The lowest BCUT2D eigenvalue weighted by molar-refractivity contribution is 0.0924. The lowest BCUT2D eigenvalue weighted by atomic mass is 9.95. The second kappa shape index (κ2) is 9.00. The van der Waals surface area contributed by atoms with Crippen molar-refractivity contribution < 1.29 is 17.6 Å². The number of nitrogens with one attached hydrogen (secondary N) is 1. The van der Waals surface area contributed by atoms with E-state index in [0.29, 0.717) is 36.5 Å². The third-order valence-corrected chi connectivity index (χ3v) is 7.99. The quantitative estimate of drug-likeness (QED) is 0.759. The zero-order valence-electron chi connectivity index (χ0n) is 17.6. The van der Waals surface area contributed by atoms with Crippen molar-refractivity contribution in [2.45, 2.75) is 68.8 Å². The third kappa shape index (κ3) is 4.62. The molecule has 1 N–H and O–H groups in total. The Kier molecular flexibility index (Phi) is 6.34. The van der Waals surface area contributed by atoms with E-state index in [0.717, 1.165) is 37.8 Å². The highest BCUT2D eigenvalue weighted by Gasteiger charge is 2.39.